The van der Waals surface area contributed by atoms with E-state index in [-0.39, 0.29) is 17.6 Å². The highest BCUT2D eigenvalue weighted by molar-refractivity contribution is 9.10. The molecule has 0 fully saturated rings. The second-order valence-electron chi connectivity index (χ2n) is 7.45. The summed E-state index contributed by atoms with van der Waals surface area (Å²) in [6.07, 6.45) is 3.37. The molecule has 3 aromatic rings. The largest absolute Gasteiger partial charge is 0.488 e. The van der Waals surface area contributed by atoms with Crippen molar-refractivity contribution in [3.8, 4) is 5.75 Å². The Balaban J connectivity index is 2.08. The van der Waals surface area contributed by atoms with Crippen molar-refractivity contribution in [2.75, 3.05) is 0 Å². The van der Waals surface area contributed by atoms with Gasteiger partial charge in [-0.15, -0.1) is 0 Å². The second-order valence-corrected chi connectivity index (χ2v) is 9.63. The van der Waals surface area contributed by atoms with Crippen LogP contribution in [0.4, 0.5) is 0 Å². The number of ether oxygens (including phenoxy) is 1. The molecule has 2 aromatic carbocycles. The summed E-state index contributed by atoms with van der Waals surface area (Å²) in [4.78, 5) is 17.9. The van der Waals surface area contributed by atoms with Crippen molar-refractivity contribution in [3.63, 3.8) is 0 Å². The van der Waals surface area contributed by atoms with Crippen LogP contribution < -0.4 is 10.3 Å². The van der Waals surface area contributed by atoms with E-state index >= 15 is 0 Å². The maximum absolute atomic E-state index is 13.2. The number of hydrogen-bond donors (Lipinski definition) is 0. The van der Waals surface area contributed by atoms with Crippen LogP contribution in [0.5, 0.6) is 5.75 Å². The Morgan fingerprint density at radius 3 is 2.58 bits per heavy atom. The van der Waals surface area contributed by atoms with Gasteiger partial charge in [-0.3, -0.25) is 4.79 Å². The Morgan fingerprint density at radius 1 is 1.19 bits per heavy atom. The van der Waals surface area contributed by atoms with Crippen molar-refractivity contribution < 1.29 is 4.74 Å². The normalized spacial score (nSPS) is 13.6. The third-order valence-electron chi connectivity index (χ3n) is 5.12. The van der Waals surface area contributed by atoms with E-state index in [1.54, 1.807) is 18.3 Å². The van der Waals surface area contributed by atoms with Crippen molar-refractivity contribution in [2.45, 2.75) is 52.6 Å². The lowest BCUT2D eigenvalue weighted by Crippen LogP contribution is -2.23. The van der Waals surface area contributed by atoms with E-state index in [0.29, 0.717) is 27.5 Å². The van der Waals surface area contributed by atoms with Crippen LogP contribution >= 0.6 is 43.5 Å². The van der Waals surface area contributed by atoms with Gasteiger partial charge in [0.15, 0.2) is 5.75 Å². The molecule has 0 bridgehead atoms. The second kappa shape index (κ2) is 10.3. The summed E-state index contributed by atoms with van der Waals surface area (Å²) in [5, 5.41) is 5.48. The first-order valence-electron chi connectivity index (χ1n) is 10.2. The number of rotatable bonds is 7. The molecular weight excluding hydrogens is 546 g/mol. The highest BCUT2D eigenvalue weighted by Crippen LogP contribution is 2.35. The van der Waals surface area contributed by atoms with Gasteiger partial charge in [-0.1, -0.05) is 48.3 Å². The Morgan fingerprint density at radius 2 is 1.94 bits per heavy atom. The molecule has 0 unspecified atom stereocenters. The van der Waals surface area contributed by atoms with E-state index in [2.05, 4.69) is 50.8 Å². The van der Waals surface area contributed by atoms with Gasteiger partial charge in [0.05, 0.1) is 32.7 Å². The first-order chi connectivity index (χ1) is 14.7. The zero-order valence-electron chi connectivity index (χ0n) is 17.8. The molecule has 8 heteroatoms. The average molecular weight is 570 g/mol. The third kappa shape index (κ3) is 5.38. The van der Waals surface area contributed by atoms with Gasteiger partial charge in [0.2, 0.25) is 0 Å². The van der Waals surface area contributed by atoms with Gasteiger partial charge in [-0.05, 0) is 71.6 Å². The van der Waals surface area contributed by atoms with Gasteiger partial charge < -0.3 is 4.74 Å². The fourth-order valence-electron chi connectivity index (χ4n) is 2.95. The molecule has 164 valence electrons. The van der Waals surface area contributed by atoms with Crippen molar-refractivity contribution in [1.29, 1.82) is 0 Å². The Labute approximate surface area is 203 Å². The first kappa shape index (κ1) is 24.0. The maximum Gasteiger partial charge on any atom is 0.282 e. The smallest absolute Gasteiger partial charge is 0.282 e. The quantitative estimate of drug-likeness (QED) is 0.284. The molecule has 0 N–H and O–H groups in total. The first-order valence-corrected chi connectivity index (χ1v) is 12.1. The van der Waals surface area contributed by atoms with Crippen molar-refractivity contribution in [3.05, 3.63) is 66.0 Å². The summed E-state index contributed by atoms with van der Waals surface area (Å²) in [7, 11) is 0. The predicted octanol–water partition coefficient (Wildman–Crippen LogP) is 7.15. The van der Waals surface area contributed by atoms with Crippen LogP contribution in [0.15, 0.2) is 49.2 Å². The van der Waals surface area contributed by atoms with Crippen molar-refractivity contribution in [1.82, 2.24) is 9.66 Å². The van der Waals surface area contributed by atoms with Crippen LogP contribution in [-0.2, 0) is 0 Å². The minimum atomic E-state index is -0.209. The summed E-state index contributed by atoms with van der Waals surface area (Å²) in [6.45, 7) is 8.14. The van der Waals surface area contributed by atoms with Crippen LogP contribution in [0.25, 0.3) is 10.9 Å². The van der Waals surface area contributed by atoms with Gasteiger partial charge in [-0.25, -0.2) is 4.98 Å². The van der Waals surface area contributed by atoms with Crippen LogP contribution in [0.1, 0.15) is 57.8 Å². The summed E-state index contributed by atoms with van der Waals surface area (Å²) < 4.78 is 8.83. The molecule has 0 radical (unpaired) electrons. The molecule has 0 spiro atoms. The van der Waals surface area contributed by atoms with E-state index < -0.39 is 0 Å². The molecule has 0 aliphatic carbocycles. The van der Waals surface area contributed by atoms with Crippen LogP contribution in [0, 0.1) is 0 Å². The highest BCUT2D eigenvalue weighted by Gasteiger charge is 2.16. The lowest BCUT2D eigenvalue weighted by atomic mass is 10.1. The van der Waals surface area contributed by atoms with Crippen LogP contribution in [0.3, 0.4) is 0 Å². The molecule has 2 atom stereocenters. The minimum absolute atomic E-state index is 0.0491. The highest BCUT2D eigenvalue weighted by atomic mass is 79.9. The maximum atomic E-state index is 13.2. The average Bonchev–Trinajstić information content (AvgIpc) is 2.75. The van der Waals surface area contributed by atoms with E-state index in [0.717, 1.165) is 27.4 Å². The molecule has 5 nitrogen and oxygen atoms in total. The number of halogens is 3. The van der Waals surface area contributed by atoms with Gasteiger partial charge in [0, 0.05) is 10.4 Å². The van der Waals surface area contributed by atoms with E-state index in [1.165, 1.54) is 4.68 Å². The number of nitrogens with zero attached hydrogens (tertiary/aromatic N) is 3. The van der Waals surface area contributed by atoms with Crippen molar-refractivity contribution >= 4 is 60.6 Å². The Kier molecular flexibility index (Phi) is 7.94. The van der Waals surface area contributed by atoms with Crippen LogP contribution in [0.2, 0.25) is 5.02 Å². The van der Waals surface area contributed by atoms with E-state index in [4.69, 9.17) is 21.3 Å². The molecule has 31 heavy (non-hydrogen) atoms. The topological polar surface area (TPSA) is 56.5 Å². The zero-order valence-corrected chi connectivity index (χ0v) is 21.8. The fourth-order valence-corrected chi connectivity index (χ4v) is 4.27. The Bertz CT molecular complexity index is 1170. The number of aromatic nitrogens is 2. The summed E-state index contributed by atoms with van der Waals surface area (Å²) in [5.41, 5.74) is 1.19. The summed E-state index contributed by atoms with van der Waals surface area (Å²) >= 11 is 13.4. The van der Waals surface area contributed by atoms with Gasteiger partial charge >= 0.3 is 0 Å². The van der Waals surface area contributed by atoms with Gasteiger partial charge in [-0.2, -0.15) is 9.78 Å². The molecule has 3 rings (SSSR count). The monoisotopic (exact) mass is 567 g/mol. The molecule has 1 aromatic heterocycles. The number of fused-ring (bicyclic) bond motifs is 1. The molecule has 0 saturated carbocycles. The molecule has 0 aliphatic heterocycles. The number of benzene rings is 2. The standard InChI is InChI=1S/C23H24Br2ClN3O2/c1-5-13(3)22-28-20-8-7-16(24)11-17(20)23(30)29(22)27-12-15-9-18(25)21(19(26)10-15)31-14(4)6-2/h7-14H,5-6H2,1-4H3/t13-,14-/m1/s1. The third-order valence-corrected chi connectivity index (χ3v) is 6.49. The molecular formula is C23H24Br2ClN3O2. The minimum Gasteiger partial charge on any atom is -0.488 e. The van der Waals surface area contributed by atoms with Gasteiger partial charge in [0.1, 0.15) is 5.82 Å². The van der Waals surface area contributed by atoms with Crippen LogP contribution in [-0.4, -0.2) is 22.0 Å². The summed E-state index contributed by atoms with van der Waals surface area (Å²) in [5.74, 6) is 1.29. The molecule has 0 saturated heterocycles. The lowest BCUT2D eigenvalue weighted by molar-refractivity contribution is 0.216. The lowest BCUT2D eigenvalue weighted by Gasteiger charge is -2.16. The zero-order chi connectivity index (χ0) is 22.7. The van der Waals surface area contributed by atoms with E-state index in [9.17, 15) is 4.79 Å². The number of hydrogen-bond acceptors (Lipinski definition) is 4. The SMILES string of the molecule is CC[C@@H](C)Oc1c(Cl)cc(C=Nn2c([C@H](C)CC)nc3ccc(Br)cc3c2=O)cc1Br. The predicted molar refractivity (Wildman–Crippen MR) is 135 cm³/mol. The van der Waals surface area contributed by atoms with E-state index in [1.807, 2.05) is 32.0 Å². The molecule has 0 aliphatic rings. The van der Waals surface area contributed by atoms with Gasteiger partial charge in [0.25, 0.3) is 5.56 Å². The van der Waals surface area contributed by atoms with Crippen molar-refractivity contribution in [2.24, 2.45) is 5.10 Å². The Hall–Kier alpha value is -1.70. The fraction of sp³-hybridized carbons (Fsp3) is 0.348. The molecule has 0 amide bonds. The molecule has 1 heterocycles. The summed E-state index contributed by atoms with van der Waals surface area (Å²) in [6, 6.07) is 9.13.